The second-order valence-corrected chi connectivity index (χ2v) is 6.18. The quantitative estimate of drug-likeness (QED) is 0.707. The molecule has 0 aliphatic heterocycles. The highest BCUT2D eigenvalue weighted by atomic mass is 35.5. The molecule has 1 unspecified atom stereocenters. The first-order valence-electron chi connectivity index (χ1n) is 7.83. The molecule has 0 bridgehead atoms. The summed E-state index contributed by atoms with van der Waals surface area (Å²) in [5.41, 5.74) is 9.42. The summed E-state index contributed by atoms with van der Waals surface area (Å²) in [7, 11) is 3.31. The number of hydrogen-bond acceptors (Lipinski definition) is 3. The van der Waals surface area contributed by atoms with Crippen LogP contribution in [0.3, 0.4) is 0 Å². The molecule has 1 heterocycles. The molecule has 0 aliphatic rings. The normalized spacial score (nSPS) is 12.3. The van der Waals surface area contributed by atoms with E-state index < -0.39 is 0 Å². The topological polar surface area (TPSA) is 60.3 Å². The number of benzene rings is 2. The van der Waals surface area contributed by atoms with Gasteiger partial charge >= 0.3 is 0 Å². The maximum Gasteiger partial charge on any atom is 0.125 e. The van der Waals surface area contributed by atoms with Crippen molar-refractivity contribution >= 4 is 22.5 Å². The molecule has 4 nitrogen and oxygen atoms in total. The SMILES string of the molecule is COc1ccc(CC(CN)c2c[nH]c3ccc(Cl)cc23)c(OC)c1. The van der Waals surface area contributed by atoms with Crippen LogP contribution in [0.25, 0.3) is 10.9 Å². The van der Waals surface area contributed by atoms with Crippen molar-refractivity contribution in [2.24, 2.45) is 5.73 Å². The molecule has 3 rings (SSSR count). The molecule has 1 atom stereocenters. The largest absolute Gasteiger partial charge is 0.497 e. The minimum absolute atomic E-state index is 0.166. The molecule has 5 heteroatoms. The molecule has 0 saturated heterocycles. The number of fused-ring (bicyclic) bond motifs is 1. The van der Waals surface area contributed by atoms with Crippen LogP contribution in [0.1, 0.15) is 17.0 Å². The van der Waals surface area contributed by atoms with Gasteiger partial charge < -0.3 is 20.2 Å². The van der Waals surface area contributed by atoms with Crippen molar-refractivity contribution in [2.75, 3.05) is 20.8 Å². The van der Waals surface area contributed by atoms with E-state index in [1.54, 1.807) is 14.2 Å². The predicted octanol–water partition coefficient (Wildman–Crippen LogP) is 4.12. The van der Waals surface area contributed by atoms with Gasteiger partial charge in [-0.05, 0) is 48.4 Å². The minimum atomic E-state index is 0.166. The zero-order valence-corrected chi connectivity index (χ0v) is 14.6. The number of aromatic nitrogens is 1. The van der Waals surface area contributed by atoms with Crippen molar-refractivity contribution < 1.29 is 9.47 Å². The van der Waals surface area contributed by atoms with Gasteiger partial charge in [-0.25, -0.2) is 0 Å². The number of H-pyrrole nitrogens is 1. The number of methoxy groups -OCH3 is 2. The third-order valence-corrected chi connectivity index (χ3v) is 4.60. The molecule has 0 spiro atoms. The zero-order valence-electron chi connectivity index (χ0n) is 13.8. The van der Waals surface area contributed by atoms with E-state index in [2.05, 4.69) is 4.98 Å². The molecular weight excluding hydrogens is 324 g/mol. The number of rotatable bonds is 6. The average Bonchev–Trinajstić information content (AvgIpc) is 3.02. The van der Waals surface area contributed by atoms with Crippen molar-refractivity contribution in [1.29, 1.82) is 0 Å². The maximum absolute atomic E-state index is 6.16. The van der Waals surface area contributed by atoms with Crippen LogP contribution in [0.2, 0.25) is 5.02 Å². The molecule has 2 aromatic carbocycles. The fourth-order valence-electron chi connectivity index (χ4n) is 3.06. The van der Waals surface area contributed by atoms with Gasteiger partial charge in [0.2, 0.25) is 0 Å². The summed E-state index contributed by atoms with van der Waals surface area (Å²) in [6, 6.07) is 11.7. The number of nitrogens with two attached hydrogens (primary N) is 1. The van der Waals surface area contributed by atoms with E-state index in [0.29, 0.717) is 6.54 Å². The van der Waals surface area contributed by atoms with Gasteiger partial charge in [0.15, 0.2) is 0 Å². The third-order valence-electron chi connectivity index (χ3n) is 4.36. The Bertz CT molecular complexity index is 844. The molecule has 0 fully saturated rings. The second-order valence-electron chi connectivity index (χ2n) is 5.75. The van der Waals surface area contributed by atoms with E-state index >= 15 is 0 Å². The van der Waals surface area contributed by atoms with Crippen LogP contribution < -0.4 is 15.2 Å². The molecule has 0 saturated carbocycles. The third kappa shape index (κ3) is 3.21. The lowest BCUT2D eigenvalue weighted by Crippen LogP contribution is -2.15. The fourth-order valence-corrected chi connectivity index (χ4v) is 3.23. The first-order chi connectivity index (χ1) is 11.7. The molecule has 126 valence electrons. The Morgan fingerprint density at radius 2 is 1.96 bits per heavy atom. The van der Waals surface area contributed by atoms with E-state index in [-0.39, 0.29) is 5.92 Å². The number of ether oxygens (including phenoxy) is 2. The van der Waals surface area contributed by atoms with Gasteiger partial charge in [0.25, 0.3) is 0 Å². The Morgan fingerprint density at radius 3 is 2.67 bits per heavy atom. The van der Waals surface area contributed by atoms with Crippen molar-refractivity contribution in [3.63, 3.8) is 0 Å². The van der Waals surface area contributed by atoms with Crippen LogP contribution in [0.4, 0.5) is 0 Å². The van der Waals surface area contributed by atoms with Crippen LogP contribution in [0, 0.1) is 0 Å². The molecule has 0 amide bonds. The Kier molecular flexibility index (Phi) is 4.97. The van der Waals surface area contributed by atoms with Crippen molar-refractivity contribution in [2.45, 2.75) is 12.3 Å². The Balaban J connectivity index is 1.96. The van der Waals surface area contributed by atoms with Gasteiger partial charge in [-0.1, -0.05) is 17.7 Å². The van der Waals surface area contributed by atoms with Gasteiger partial charge in [0.1, 0.15) is 11.5 Å². The summed E-state index contributed by atoms with van der Waals surface area (Å²) in [6.45, 7) is 0.536. The highest BCUT2D eigenvalue weighted by Crippen LogP contribution is 2.33. The van der Waals surface area contributed by atoms with Crippen LogP contribution in [0.5, 0.6) is 11.5 Å². The highest BCUT2D eigenvalue weighted by molar-refractivity contribution is 6.31. The molecule has 0 radical (unpaired) electrons. The highest BCUT2D eigenvalue weighted by Gasteiger charge is 2.18. The van der Waals surface area contributed by atoms with Crippen LogP contribution in [-0.2, 0) is 6.42 Å². The summed E-state index contributed by atoms with van der Waals surface area (Å²) in [5.74, 6) is 1.75. The van der Waals surface area contributed by atoms with Crippen molar-refractivity contribution in [1.82, 2.24) is 4.98 Å². The first-order valence-corrected chi connectivity index (χ1v) is 8.21. The monoisotopic (exact) mass is 344 g/mol. The van der Waals surface area contributed by atoms with E-state index in [4.69, 9.17) is 26.8 Å². The lowest BCUT2D eigenvalue weighted by molar-refractivity contribution is 0.390. The Morgan fingerprint density at radius 1 is 1.12 bits per heavy atom. The Hall–Kier alpha value is -2.17. The van der Waals surface area contributed by atoms with Crippen LogP contribution in [0.15, 0.2) is 42.6 Å². The molecule has 3 aromatic rings. The molecule has 24 heavy (non-hydrogen) atoms. The number of hydrogen-bond donors (Lipinski definition) is 2. The van der Waals surface area contributed by atoms with Gasteiger partial charge in [-0.3, -0.25) is 0 Å². The molecular formula is C19H21ClN2O2. The lowest BCUT2D eigenvalue weighted by Gasteiger charge is -2.17. The molecule has 3 N–H and O–H groups in total. The summed E-state index contributed by atoms with van der Waals surface area (Å²) in [5, 5.41) is 1.84. The number of nitrogens with one attached hydrogen (secondary N) is 1. The van der Waals surface area contributed by atoms with Gasteiger partial charge in [0.05, 0.1) is 14.2 Å². The smallest absolute Gasteiger partial charge is 0.125 e. The van der Waals surface area contributed by atoms with Gasteiger partial charge in [-0.15, -0.1) is 0 Å². The van der Waals surface area contributed by atoms with E-state index in [9.17, 15) is 0 Å². The summed E-state index contributed by atoms with van der Waals surface area (Å²) in [4.78, 5) is 3.30. The van der Waals surface area contributed by atoms with E-state index in [1.165, 1.54) is 5.56 Å². The van der Waals surface area contributed by atoms with Gasteiger partial charge in [0, 0.05) is 34.1 Å². The second kappa shape index (κ2) is 7.16. The number of aromatic amines is 1. The van der Waals surface area contributed by atoms with Gasteiger partial charge in [-0.2, -0.15) is 0 Å². The fraction of sp³-hybridized carbons (Fsp3) is 0.263. The first kappa shape index (κ1) is 16.7. The maximum atomic E-state index is 6.16. The Labute approximate surface area is 146 Å². The number of halogens is 1. The van der Waals surface area contributed by atoms with Crippen LogP contribution in [-0.4, -0.2) is 25.7 Å². The van der Waals surface area contributed by atoms with Crippen molar-refractivity contribution in [3.05, 3.63) is 58.7 Å². The standard InChI is InChI=1S/C19H21ClN2O2/c1-23-15-5-3-12(19(9-15)24-2)7-13(10-21)17-11-22-18-6-4-14(20)8-16(17)18/h3-6,8-9,11,13,22H,7,10,21H2,1-2H3. The summed E-state index contributed by atoms with van der Waals surface area (Å²) < 4.78 is 10.8. The zero-order chi connectivity index (χ0) is 17.1. The minimum Gasteiger partial charge on any atom is -0.497 e. The lowest BCUT2D eigenvalue weighted by atomic mass is 9.91. The van der Waals surface area contributed by atoms with Crippen molar-refractivity contribution in [3.8, 4) is 11.5 Å². The average molecular weight is 345 g/mol. The molecule has 1 aromatic heterocycles. The van der Waals surface area contributed by atoms with E-state index in [1.807, 2.05) is 42.6 Å². The summed E-state index contributed by atoms with van der Waals surface area (Å²) in [6.07, 6.45) is 2.80. The van der Waals surface area contributed by atoms with Crippen LogP contribution >= 0.6 is 11.6 Å². The van der Waals surface area contributed by atoms with E-state index in [0.717, 1.165) is 39.4 Å². The summed E-state index contributed by atoms with van der Waals surface area (Å²) >= 11 is 6.16. The molecule has 0 aliphatic carbocycles. The predicted molar refractivity (Wildman–Crippen MR) is 98.4 cm³/mol.